The van der Waals surface area contributed by atoms with Crippen LogP contribution in [0, 0.1) is 0 Å². The average molecular weight is 367 g/mol. The van der Waals surface area contributed by atoms with Gasteiger partial charge in [-0.1, -0.05) is 59.9 Å². The maximum Gasteiger partial charge on any atom is 0.226 e. The summed E-state index contributed by atoms with van der Waals surface area (Å²) in [5, 5.41) is 12.5. The van der Waals surface area contributed by atoms with Crippen molar-refractivity contribution in [3.05, 3.63) is 70.7 Å². The molecule has 1 N–H and O–H groups in total. The highest BCUT2D eigenvalue weighted by Gasteiger charge is 2.10. The van der Waals surface area contributed by atoms with Crippen molar-refractivity contribution in [2.24, 2.45) is 0 Å². The molecule has 3 aromatic rings. The summed E-state index contributed by atoms with van der Waals surface area (Å²) in [5.41, 5.74) is 2.29. The summed E-state index contributed by atoms with van der Waals surface area (Å²) in [6, 6.07) is 18.0. The van der Waals surface area contributed by atoms with E-state index in [0.29, 0.717) is 18.0 Å². The van der Waals surface area contributed by atoms with E-state index in [9.17, 15) is 4.79 Å². The highest BCUT2D eigenvalue weighted by Crippen LogP contribution is 2.24. The van der Waals surface area contributed by atoms with Crippen molar-refractivity contribution in [1.82, 2.24) is 10.2 Å². The van der Waals surface area contributed by atoms with E-state index in [1.807, 2.05) is 42.5 Å². The van der Waals surface area contributed by atoms with Gasteiger partial charge in [0.15, 0.2) is 0 Å². The number of methoxy groups -OCH3 is 1. The number of amides is 1. The van der Waals surface area contributed by atoms with Crippen LogP contribution in [0.25, 0.3) is 0 Å². The monoisotopic (exact) mass is 367 g/mol. The molecule has 0 spiro atoms. The molecule has 0 aliphatic carbocycles. The minimum atomic E-state index is -0.0269. The quantitative estimate of drug-likeness (QED) is 0.651. The number of aryl methyl sites for hydroxylation is 1. The van der Waals surface area contributed by atoms with Gasteiger partial charge in [0.2, 0.25) is 11.0 Å². The second-order valence-corrected chi connectivity index (χ2v) is 6.94. The Labute approximate surface area is 157 Å². The molecule has 2 aromatic carbocycles. The van der Waals surface area contributed by atoms with Gasteiger partial charge in [-0.05, 0) is 24.5 Å². The summed E-state index contributed by atoms with van der Waals surface area (Å²) in [4.78, 5) is 12.1. The average Bonchev–Trinajstić information content (AvgIpc) is 3.10. The number of aromatic nitrogens is 2. The molecule has 0 fully saturated rings. The van der Waals surface area contributed by atoms with Gasteiger partial charge in [-0.2, -0.15) is 0 Å². The number of rotatable bonds is 8. The van der Waals surface area contributed by atoms with Gasteiger partial charge < -0.3 is 10.1 Å². The zero-order valence-electron chi connectivity index (χ0n) is 14.6. The Balaban J connectivity index is 1.49. The predicted octanol–water partition coefficient (Wildman–Crippen LogP) is 4.10. The molecule has 3 rings (SSSR count). The number of benzene rings is 2. The number of hydrogen-bond donors (Lipinski definition) is 1. The lowest BCUT2D eigenvalue weighted by molar-refractivity contribution is -0.116. The molecule has 134 valence electrons. The number of carbonyl (C=O) groups excluding carboxylic acids is 1. The minimum Gasteiger partial charge on any atom is -0.496 e. The van der Waals surface area contributed by atoms with Gasteiger partial charge in [-0.3, -0.25) is 4.79 Å². The van der Waals surface area contributed by atoms with Crippen LogP contribution in [0.1, 0.15) is 29.0 Å². The predicted molar refractivity (Wildman–Crippen MR) is 104 cm³/mol. The fourth-order valence-corrected chi connectivity index (χ4v) is 3.45. The van der Waals surface area contributed by atoms with Gasteiger partial charge in [0, 0.05) is 18.4 Å². The van der Waals surface area contributed by atoms with E-state index in [2.05, 4.69) is 27.6 Å². The normalized spacial score (nSPS) is 10.5. The highest BCUT2D eigenvalue weighted by atomic mass is 32.1. The number of nitrogens with one attached hydrogen (secondary N) is 1. The van der Waals surface area contributed by atoms with E-state index in [4.69, 9.17) is 4.74 Å². The summed E-state index contributed by atoms with van der Waals surface area (Å²) in [5.74, 6) is 0.801. The Morgan fingerprint density at radius 1 is 1.08 bits per heavy atom. The molecule has 0 aliphatic heterocycles. The molecule has 0 bridgehead atoms. The van der Waals surface area contributed by atoms with Crippen molar-refractivity contribution in [1.29, 1.82) is 0 Å². The van der Waals surface area contributed by atoms with Crippen LogP contribution in [0.4, 0.5) is 5.13 Å². The first-order valence-electron chi connectivity index (χ1n) is 8.52. The molecule has 1 amide bonds. The van der Waals surface area contributed by atoms with Crippen molar-refractivity contribution in [3.8, 4) is 5.75 Å². The molecule has 0 unspecified atom stereocenters. The summed E-state index contributed by atoms with van der Waals surface area (Å²) >= 11 is 1.40. The van der Waals surface area contributed by atoms with Crippen molar-refractivity contribution in [2.45, 2.75) is 25.7 Å². The van der Waals surface area contributed by atoms with Gasteiger partial charge in [-0.15, -0.1) is 10.2 Å². The van der Waals surface area contributed by atoms with Crippen LogP contribution in [0.3, 0.4) is 0 Å². The molecular weight excluding hydrogens is 346 g/mol. The molecule has 6 heteroatoms. The number of para-hydroxylation sites is 1. The summed E-state index contributed by atoms with van der Waals surface area (Å²) < 4.78 is 5.36. The molecule has 0 radical (unpaired) electrons. The highest BCUT2D eigenvalue weighted by molar-refractivity contribution is 7.15. The Bertz CT molecular complexity index is 849. The van der Waals surface area contributed by atoms with Crippen LogP contribution in [0.15, 0.2) is 54.6 Å². The molecule has 0 saturated heterocycles. The van der Waals surface area contributed by atoms with Crippen LogP contribution in [-0.2, 0) is 17.6 Å². The second kappa shape index (κ2) is 9.10. The molecule has 0 saturated carbocycles. The second-order valence-electron chi connectivity index (χ2n) is 5.88. The number of nitrogens with zero attached hydrogens (tertiary/aromatic N) is 2. The maximum atomic E-state index is 12.1. The van der Waals surface area contributed by atoms with E-state index in [1.165, 1.54) is 16.9 Å². The van der Waals surface area contributed by atoms with Crippen LogP contribution in [0.2, 0.25) is 0 Å². The Hall–Kier alpha value is -2.73. The molecule has 5 nitrogen and oxygen atoms in total. The van der Waals surface area contributed by atoms with Gasteiger partial charge >= 0.3 is 0 Å². The van der Waals surface area contributed by atoms with Gasteiger partial charge in [0.1, 0.15) is 10.8 Å². The molecular formula is C20H21N3O2S. The molecule has 1 heterocycles. The van der Waals surface area contributed by atoms with Gasteiger partial charge in [-0.25, -0.2) is 0 Å². The zero-order chi connectivity index (χ0) is 18.2. The molecule has 26 heavy (non-hydrogen) atoms. The van der Waals surface area contributed by atoms with Crippen molar-refractivity contribution in [3.63, 3.8) is 0 Å². The smallest absolute Gasteiger partial charge is 0.226 e. The number of hydrogen-bond acceptors (Lipinski definition) is 5. The zero-order valence-corrected chi connectivity index (χ0v) is 15.5. The first kappa shape index (κ1) is 18.1. The van der Waals surface area contributed by atoms with E-state index in [-0.39, 0.29) is 5.91 Å². The molecule has 1 aromatic heterocycles. The number of anilines is 1. The lowest BCUT2D eigenvalue weighted by Gasteiger charge is -2.05. The van der Waals surface area contributed by atoms with E-state index in [1.54, 1.807) is 7.11 Å². The largest absolute Gasteiger partial charge is 0.496 e. The van der Waals surface area contributed by atoms with Crippen molar-refractivity contribution in [2.75, 3.05) is 12.4 Å². The Morgan fingerprint density at radius 3 is 2.65 bits per heavy atom. The van der Waals surface area contributed by atoms with Gasteiger partial charge in [0.25, 0.3) is 0 Å². The van der Waals surface area contributed by atoms with E-state index >= 15 is 0 Å². The third-order valence-electron chi connectivity index (χ3n) is 3.96. The number of ether oxygens (including phenoxy) is 1. The van der Waals surface area contributed by atoms with Crippen LogP contribution >= 0.6 is 11.3 Å². The van der Waals surface area contributed by atoms with E-state index in [0.717, 1.165) is 29.2 Å². The summed E-state index contributed by atoms with van der Waals surface area (Å²) in [6.45, 7) is 0. The first-order valence-corrected chi connectivity index (χ1v) is 9.34. The van der Waals surface area contributed by atoms with Crippen LogP contribution < -0.4 is 10.1 Å². The standard InChI is InChI=1S/C20H21N3O2S/c1-25-17-12-6-5-11-16(17)14-19-22-23-20(26-19)21-18(24)13-7-10-15-8-3-2-4-9-15/h2-6,8-9,11-12H,7,10,13-14H2,1H3,(H,21,23,24). The van der Waals surface area contributed by atoms with Crippen molar-refractivity contribution >= 4 is 22.4 Å². The Morgan fingerprint density at radius 2 is 1.85 bits per heavy atom. The Kier molecular flexibility index (Phi) is 6.33. The fraction of sp³-hybridized carbons (Fsp3) is 0.250. The van der Waals surface area contributed by atoms with Gasteiger partial charge in [0.05, 0.1) is 7.11 Å². The van der Waals surface area contributed by atoms with Crippen LogP contribution in [0.5, 0.6) is 5.75 Å². The third-order valence-corrected chi connectivity index (χ3v) is 4.80. The molecule has 0 atom stereocenters. The van der Waals surface area contributed by atoms with E-state index < -0.39 is 0 Å². The summed E-state index contributed by atoms with van der Waals surface area (Å²) in [6.07, 6.45) is 2.80. The summed E-state index contributed by atoms with van der Waals surface area (Å²) in [7, 11) is 1.65. The first-order chi connectivity index (χ1) is 12.7. The topological polar surface area (TPSA) is 64.1 Å². The lowest BCUT2D eigenvalue weighted by atomic mass is 10.1. The van der Waals surface area contributed by atoms with Crippen LogP contribution in [-0.4, -0.2) is 23.2 Å². The maximum absolute atomic E-state index is 12.1. The lowest BCUT2D eigenvalue weighted by Crippen LogP contribution is -2.11. The number of carbonyl (C=O) groups is 1. The fourth-order valence-electron chi connectivity index (χ4n) is 2.67. The SMILES string of the molecule is COc1ccccc1Cc1nnc(NC(=O)CCCc2ccccc2)s1. The molecule has 0 aliphatic rings. The van der Waals surface area contributed by atoms with Crippen molar-refractivity contribution < 1.29 is 9.53 Å². The minimum absolute atomic E-state index is 0.0269. The third kappa shape index (κ3) is 5.13.